The van der Waals surface area contributed by atoms with Gasteiger partial charge in [-0.15, -0.1) is 0 Å². The van der Waals surface area contributed by atoms with Gasteiger partial charge in [0.2, 0.25) is 5.91 Å². The van der Waals surface area contributed by atoms with E-state index in [1.807, 2.05) is 0 Å². The molecule has 0 aromatic carbocycles. The normalized spacial score (nSPS) is 19.7. The highest BCUT2D eigenvalue weighted by Crippen LogP contribution is 2.36. The van der Waals surface area contributed by atoms with Crippen LogP contribution in [0.2, 0.25) is 0 Å². The lowest BCUT2D eigenvalue weighted by atomic mass is 9.80. The molecule has 0 aromatic rings. The van der Waals surface area contributed by atoms with E-state index in [0.717, 1.165) is 25.7 Å². The largest absolute Gasteiger partial charge is 0.389 e. The third kappa shape index (κ3) is 3.71. The van der Waals surface area contributed by atoms with Crippen molar-refractivity contribution in [3.63, 3.8) is 0 Å². The Labute approximate surface area is 110 Å². The molecule has 0 bridgehead atoms. The molecule has 0 radical (unpaired) electrons. The fraction of sp³-hybridized carbons (Fsp3) is 0.857. The Morgan fingerprint density at radius 2 is 1.83 bits per heavy atom. The molecule has 4 nitrogen and oxygen atoms in total. The second-order valence-corrected chi connectivity index (χ2v) is 6.08. The monoisotopic (exact) mass is 252 g/mol. The molecule has 0 unspecified atom stereocenters. The molecule has 102 valence electrons. The lowest BCUT2D eigenvalue weighted by Crippen LogP contribution is -2.46. The van der Waals surface area contributed by atoms with Crippen LogP contribution in [0.15, 0.2) is 0 Å². The predicted octanol–water partition coefficient (Wildman–Crippen LogP) is 2.08. The van der Waals surface area contributed by atoms with Crippen molar-refractivity contribution in [2.45, 2.75) is 58.0 Å². The average Bonchev–Trinajstić information content (AvgIpc) is 2.51. The quantitative estimate of drug-likeness (QED) is 0.782. The minimum Gasteiger partial charge on any atom is -0.389 e. The Kier molecular flexibility index (Phi) is 4.75. The van der Waals surface area contributed by atoms with Gasteiger partial charge in [0.1, 0.15) is 5.41 Å². The van der Waals surface area contributed by atoms with Crippen LogP contribution in [0.5, 0.6) is 0 Å². The fourth-order valence-electron chi connectivity index (χ4n) is 2.72. The summed E-state index contributed by atoms with van der Waals surface area (Å²) in [6.07, 6.45) is 5.39. The highest BCUT2D eigenvalue weighted by molar-refractivity contribution is 5.85. The fourth-order valence-corrected chi connectivity index (χ4v) is 2.72. The maximum atomic E-state index is 12.5. The maximum Gasteiger partial charge on any atom is 0.242 e. The molecular formula is C14H24N2O2. The van der Waals surface area contributed by atoms with E-state index in [4.69, 9.17) is 0 Å². The van der Waals surface area contributed by atoms with Gasteiger partial charge in [-0.2, -0.15) is 5.26 Å². The summed E-state index contributed by atoms with van der Waals surface area (Å²) in [6, 6.07) is 2.25. The molecule has 1 saturated carbocycles. The van der Waals surface area contributed by atoms with Gasteiger partial charge in [-0.25, -0.2) is 0 Å². The summed E-state index contributed by atoms with van der Waals surface area (Å²) >= 11 is 0. The summed E-state index contributed by atoms with van der Waals surface area (Å²) in [5, 5.41) is 19.2. The number of carbonyl (C=O) groups excluding carboxylic acids is 1. The second kappa shape index (κ2) is 5.71. The highest BCUT2D eigenvalue weighted by Gasteiger charge is 2.41. The third-order valence-corrected chi connectivity index (χ3v) is 3.55. The van der Waals surface area contributed by atoms with Crippen LogP contribution in [0, 0.1) is 16.7 Å². The molecule has 0 aromatic heterocycles. The van der Waals surface area contributed by atoms with Crippen molar-refractivity contribution in [2.75, 3.05) is 13.6 Å². The van der Waals surface area contributed by atoms with Crippen molar-refractivity contribution in [1.82, 2.24) is 4.90 Å². The molecular weight excluding hydrogens is 228 g/mol. The van der Waals surface area contributed by atoms with Crippen LogP contribution < -0.4 is 0 Å². The molecule has 1 N–H and O–H groups in total. The van der Waals surface area contributed by atoms with Crippen molar-refractivity contribution in [1.29, 1.82) is 5.26 Å². The van der Waals surface area contributed by atoms with Crippen LogP contribution in [0.4, 0.5) is 0 Å². The SMILES string of the molecule is CN(CC(C)(C)O)C(=O)C1(C#N)CCCCCC1. The van der Waals surface area contributed by atoms with E-state index in [1.165, 1.54) is 4.90 Å². The summed E-state index contributed by atoms with van der Waals surface area (Å²) in [7, 11) is 1.67. The first-order valence-corrected chi connectivity index (χ1v) is 6.70. The van der Waals surface area contributed by atoms with E-state index in [0.29, 0.717) is 12.8 Å². The predicted molar refractivity (Wildman–Crippen MR) is 69.7 cm³/mol. The van der Waals surface area contributed by atoms with Crippen LogP contribution in [-0.2, 0) is 4.79 Å². The van der Waals surface area contributed by atoms with Crippen molar-refractivity contribution in [2.24, 2.45) is 5.41 Å². The van der Waals surface area contributed by atoms with Crippen LogP contribution in [-0.4, -0.2) is 35.1 Å². The number of nitrogens with zero attached hydrogens (tertiary/aromatic N) is 2. The standard InChI is InChI=1S/C14H24N2O2/c1-13(2,18)11-16(3)12(17)14(10-15)8-6-4-5-7-9-14/h18H,4-9,11H2,1-3H3. The van der Waals surface area contributed by atoms with E-state index >= 15 is 0 Å². The van der Waals surface area contributed by atoms with E-state index in [-0.39, 0.29) is 12.5 Å². The average molecular weight is 252 g/mol. The molecule has 0 aliphatic heterocycles. The first-order chi connectivity index (χ1) is 8.31. The lowest BCUT2D eigenvalue weighted by Gasteiger charge is -2.32. The number of amides is 1. The molecule has 18 heavy (non-hydrogen) atoms. The number of nitriles is 1. The minimum atomic E-state index is -0.925. The van der Waals surface area contributed by atoms with E-state index < -0.39 is 11.0 Å². The van der Waals surface area contributed by atoms with Gasteiger partial charge in [0.05, 0.1) is 11.7 Å². The number of likely N-dealkylation sites (N-methyl/N-ethyl adjacent to an activating group) is 1. The van der Waals surface area contributed by atoms with Crippen LogP contribution in [0.25, 0.3) is 0 Å². The van der Waals surface area contributed by atoms with Gasteiger partial charge in [-0.05, 0) is 26.7 Å². The Bertz CT molecular complexity index is 331. The Morgan fingerprint density at radius 1 is 1.33 bits per heavy atom. The molecule has 1 fully saturated rings. The number of rotatable bonds is 3. The van der Waals surface area contributed by atoms with Crippen molar-refractivity contribution in [3.8, 4) is 6.07 Å². The molecule has 0 heterocycles. The molecule has 0 atom stereocenters. The first kappa shape index (κ1) is 15.0. The van der Waals surface area contributed by atoms with Gasteiger partial charge in [0, 0.05) is 13.6 Å². The molecule has 1 rings (SSSR count). The smallest absolute Gasteiger partial charge is 0.242 e. The zero-order chi connectivity index (χ0) is 13.8. The summed E-state index contributed by atoms with van der Waals surface area (Å²) in [4.78, 5) is 14.0. The second-order valence-electron chi connectivity index (χ2n) is 6.08. The van der Waals surface area contributed by atoms with Gasteiger partial charge in [0.25, 0.3) is 0 Å². The summed E-state index contributed by atoms with van der Waals surface area (Å²) in [6.45, 7) is 3.60. The first-order valence-electron chi connectivity index (χ1n) is 6.70. The van der Waals surface area contributed by atoms with Crippen LogP contribution in [0.1, 0.15) is 52.4 Å². The zero-order valence-corrected chi connectivity index (χ0v) is 11.7. The van der Waals surface area contributed by atoms with Gasteiger partial charge in [-0.1, -0.05) is 25.7 Å². The van der Waals surface area contributed by atoms with Crippen molar-refractivity contribution >= 4 is 5.91 Å². The third-order valence-electron chi connectivity index (χ3n) is 3.55. The van der Waals surface area contributed by atoms with E-state index in [2.05, 4.69) is 6.07 Å². The summed E-state index contributed by atoms with van der Waals surface area (Å²) in [5.74, 6) is -0.131. The van der Waals surface area contributed by atoms with Crippen LogP contribution >= 0.6 is 0 Å². The molecule has 1 aliphatic rings. The van der Waals surface area contributed by atoms with Crippen LogP contribution in [0.3, 0.4) is 0 Å². The number of aliphatic hydroxyl groups is 1. The Balaban J connectivity index is 2.81. The molecule has 4 heteroatoms. The maximum absolute atomic E-state index is 12.5. The number of hydrogen-bond acceptors (Lipinski definition) is 3. The number of carbonyl (C=O) groups is 1. The van der Waals surface area contributed by atoms with Gasteiger partial charge < -0.3 is 10.0 Å². The topological polar surface area (TPSA) is 64.3 Å². The van der Waals surface area contributed by atoms with Gasteiger partial charge in [0.15, 0.2) is 0 Å². The van der Waals surface area contributed by atoms with Gasteiger partial charge in [-0.3, -0.25) is 4.79 Å². The Morgan fingerprint density at radius 3 is 2.22 bits per heavy atom. The zero-order valence-electron chi connectivity index (χ0n) is 11.7. The van der Waals surface area contributed by atoms with E-state index in [1.54, 1.807) is 20.9 Å². The molecule has 0 saturated heterocycles. The van der Waals surface area contributed by atoms with Crippen molar-refractivity contribution in [3.05, 3.63) is 0 Å². The number of hydrogen-bond donors (Lipinski definition) is 1. The molecule has 1 amide bonds. The van der Waals surface area contributed by atoms with E-state index in [9.17, 15) is 15.2 Å². The highest BCUT2D eigenvalue weighted by atomic mass is 16.3. The van der Waals surface area contributed by atoms with Crippen molar-refractivity contribution < 1.29 is 9.90 Å². The van der Waals surface area contributed by atoms with Gasteiger partial charge >= 0.3 is 0 Å². The molecule has 1 aliphatic carbocycles. The minimum absolute atomic E-state index is 0.131. The summed E-state index contributed by atoms with van der Waals surface area (Å²) < 4.78 is 0. The lowest BCUT2D eigenvalue weighted by molar-refractivity contribution is -0.141. The molecule has 0 spiro atoms. The summed E-state index contributed by atoms with van der Waals surface area (Å²) in [5.41, 5.74) is -1.79. The Hall–Kier alpha value is -1.08.